The molecule has 1 aromatic carbocycles. The lowest BCUT2D eigenvalue weighted by Crippen LogP contribution is -2.09. The van der Waals surface area contributed by atoms with Crippen LogP contribution in [0.4, 0.5) is 27.6 Å². The third-order valence-electron chi connectivity index (χ3n) is 3.06. The van der Waals surface area contributed by atoms with E-state index in [-0.39, 0.29) is 6.07 Å². The van der Waals surface area contributed by atoms with Crippen molar-refractivity contribution in [3.63, 3.8) is 0 Å². The molecule has 0 saturated carbocycles. The lowest BCUT2D eigenvalue weighted by Gasteiger charge is -2.14. The molecule has 2 aromatic rings. The highest BCUT2D eigenvalue weighted by molar-refractivity contribution is 6.33. The Hall–Kier alpha value is -2.29. The molecular weight excluding hydrogens is 347 g/mol. The Labute approximate surface area is 130 Å². The molecule has 0 saturated heterocycles. The van der Waals surface area contributed by atoms with Crippen LogP contribution in [0, 0.1) is 28.7 Å². The number of hydrogen-bond donors (Lipinski definition) is 0. The van der Waals surface area contributed by atoms with Gasteiger partial charge in [0.15, 0.2) is 0 Å². The highest BCUT2D eigenvalue weighted by Crippen LogP contribution is 2.39. The molecule has 0 atom stereocenters. The molecule has 0 N–H and O–H groups in total. The van der Waals surface area contributed by atoms with Crippen molar-refractivity contribution in [2.45, 2.75) is 13.1 Å². The highest BCUT2D eigenvalue weighted by atomic mass is 35.5. The Morgan fingerprint density at radius 2 is 1.83 bits per heavy atom. The van der Waals surface area contributed by atoms with Gasteiger partial charge < -0.3 is 0 Å². The molecule has 1 aromatic heterocycles. The predicted molar refractivity (Wildman–Crippen MR) is 71.0 cm³/mol. The molecule has 10 heteroatoms. The SMILES string of the molecule is Cc1c(C(F)(F)F)cnc(-c2cc([N+](=O)[O-])c(F)cc2F)c1Cl. The zero-order valence-corrected chi connectivity index (χ0v) is 12.0. The smallest absolute Gasteiger partial charge is 0.258 e. The number of hydrogen-bond acceptors (Lipinski definition) is 3. The topological polar surface area (TPSA) is 56.0 Å². The zero-order chi connectivity index (χ0) is 17.5. The molecule has 122 valence electrons. The quantitative estimate of drug-likeness (QED) is 0.438. The molecule has 4 nitrogen and oxygen atoms in total. The third-order valence-corrected chi connectivity index (χ3v) is 3.52. The summed E-state index contributed by atoms with van der Waals surface area (Å²) >= 11 is 5.79. The fourth-order valence-electron chi connectivity index (χ4n) is 1.91. The minimum absolute atomic E-state index is 0.248. The Bertz CT molecular complexity index is 808. The van der Waals surface area contributed by atoms with Crippen LogP contribution in [0.5, 0.6) is 0 Å². The fraction of sp³-hybridized carbons (Fsp3) is 0.154. The van der Waals surface area contributed by atoms with Crippen molar-refractivity contribution in [1.82, 2.24) is 4.98 Å². The molecule has 1 heterocycles. The van der Waals surface area contributed by atoms with E-state index in [2.05, 4.69) is 4.98 Å². The molecule has 0 radical (unpaired) electrons. The van der Waals surface area contributed by atoms with E-state index in [1.807, 2.05) is 0 Å². The molecule has 0 spiro atoms. The van der Waals surface area contributed by atoms with E-state index in [1.54, 1.807) is 0 Å². The van der Waals surface area contributed by atoms with Crippen molar-refractivity contribution in [1.29, 1.82) is 0 Å². The Kier molecular flexibility index (Phi) is 4.25. The summed E-state index contributed by atoms with van der Waals surface area (Å²) in [4.78, 5) is 13.0. The van der Waals surface area contributed by atoms with Gasteiger partial charge in [0.05, 0.1) is 21.2 Å². The van der Waals surface area contributed by atoms with E-state index < -0.39 is 55.8 Å². The normalized spacial score (nSPS) is 11.6. The van der Waals surface area contributed by atoms with E-state index in [0.717, 1.165) is 6.92 Å². The van der Waals surface area contributed by atoms with Gasteiger partial charge in [0.25, 0.3) is 0 Å². The van der Waals surface area contributed by atoms with Crippen LogP contribution < -0.4 is 0 Å². The molecule has 0 aliphatic rings. The first-order chi connectivity index (χ1) is 10.5. The van der Waals surface area contributed by atoms with Crippen LogP contribution in [0.25, 0.3) is 11.3 Å². The van der Waals surface area contributed by atoms with Gasteiger partial charge in [-0.2, -0.15) is 17.6 Å². The summed E-state index contributed by atoms with van der Waals surface area (Å²) in [7, 11) is 0. The number of alkyl halides is 3. The predicted octanol–water partition coefficient (Wildman–Crippen LogP) is 4.92. The van der Waals surface area contributed by atoms with Crippen LogP contribution in [0.1, 0.15) is 11.1 Å². The first-order valence-electron chi connectivity index (χ1n) is 5.90. The zero-order valence-electron chi connectivity index (χ0n) is 11.2. The van der Waals surface area contributed by atoms with E-state index in [9.17, 15) is 32.1 Å². The molecule has 0 aliphatic carbocycles. The average Bonchev–Trinajstić information content (AvgIpc) is 2.40. The summed E-state index contributed by atoms with van der Waals surface area (Å²) in [5.41, 5.74) is -3.60. The largest absolute Gasteiger partial charge is 0.418 e. The number of nitro benzene ring substituents is 1. The monoisotopic (exact) mass is 352 g/mol. The standard InChI is InChI=1S/C13H6ClF5N2O2/c1-5-7(13(17,18)19)4-20-12(11(5)14)6-2-10(21(22)23)9(16)3-8(6)15/h2-4H,1H3. The van der Waals surface area contributed by atoms with Crippen molar-refractivity contribution < 1.29 is 26.9 Å². The summed E-state index contributed by atoms with van der Waals surface area (Å²) in [6.07, 6.45) is -4.28. The van der Waals surface area contributed by atoms with Crippen LogP contribution in [-0.4, -0.2) is 9.91 Å². The lowest BCUT2D eigenvalue weighted by atomic mass is 10.0. The number of rotatable bonds is 2. The van der Waals surface area contributed by atoms with Gasteiger partial charge in [-0.3, -0.25) is 15.1 Å². The van der Waals surface area contributed by atoms with Gasteiger partial charge in [-0.05, 0) is 12.5 Å². The summed E-state index contributed by atoms with van der Waals surface area (Å²) in [5.74, 6) is -2.65. The van der Waals surface area contributed by atoms with E-state index in [4.69, 9.17) is 11.6 Å². The number of halogens is 6. The maximum Gasteiger partial charge on any atom is 0.418 e. The van der Waals surface area contributed by atoms with Gasteiger partial charge in [0.1, 0.15) is 5.82 Å². The average molecular weight is 353 g/mol. The Morgan fingerprint density at radius 3 is 2.35 bits per heavy atom. The highest BCUT2D eigenvalue weighted by Gasteiger charge is 2.34. The van der Waals surface area contributed by atoms with Gasteiger partial charge in [-0.1, -0.05) is 11.6 Å². The number of nitrogens with zero attached hydrogens (tertiary/aromatic N) is 2. The molecule has 0 fully saturated rings. The Balaban J connectivity index is 2.71. The van der Waals surface area contributed by atoms with E-state index in [1.165, 1.54) is 0 Å². The maximum atomic E-state index is 13.8. The number of nitro groups is 1. The lowest BCUT2D eigenvalue weighted by molar-refractivity contribution is -0.387. The molecule has 23 heavy (non-hydrogen) atoms. The van der Waals surface area contributed by atoms with Crippen LogP contribution in [0.3, 0.4) is 0 Å². The molecular formula is C13H6ClF5N2O2. The first kappa shape index (κ1) is 17.1. The van der Waals surface area contributed by atoms with Crippen molar-refractivity contribution in [3.05, 3.63) is 56.2 Å². The maximum absolute atomic E-state index is 13.8. The van der Waals surface area contributed by atoms with Gasteiger partial charge in [0, 0.05) is 23.9 Å². The third kappa shape index (κ3) is 3.09. The van der Waals surface area contributed by atoms with Crippen LogP contribution >= 0.6 is 11.6 Å². The van der Waals surface area contributed by atoms with Gasteiger partial charge in [-0.25, -0.2) is 4.39 Å². The van der Waals surface area contributed by atoms with E-state index in [0.29, 0.717) is 12.3 Å². The second-order valence-electron chi connectivity index (χ2n) is 4.50. The Morgan fingerprint density at radius 1 is 1.22 bits per heavy atom. The van der Waals surface area contributed by atoms with Gasteiger partial charge >= 0.3 is 11.9 Å². The van der Waals surface area contributed by atoms with Crippen LogP contribution in [0.15, 0.2) is 18.3 Å². The number of benzene rings is 1. The number of pyridine rings is 1. The minimum atomic E-state index is -4.72. The second kappa shape index (κ2) is 5.73. The first-order valence-corrected chi connectivity index (χ1v) is 6.28. The molecule has 0 aliphatic heterocycles. The molecule has 0 amide bonds. The van der Waals surface area contributed by atoms with E-state index >= 15 is 0 Å². The minimum Gasteiger partial charge on any atom is -0.258 e. The second-order valence-corrected chi connectivity index (χ2v) is 4.88. The molecule has 0 unspecified atom stereocenters. The van der Waals surface area contributed by atoms with Crippen LogP contribution in [-0.2, 0) is 6.18 Å². The fourth-order valence-corrected chi connectivity index (χ4v) is 2.16. The van der Waals surface area contributed by atoms with Crippen molar-refractivity contribution >= 4 is 17.3 Å². The summed E-state index contributed by atoms with van der Waals surface area (Å²) in [6.45, 7) is 1.05. The van der Waals surface area contributed by atoms with Crippen molar-refractivity contribution in [2.24, 2.45) is 0 Å². The summed E-state index contributed by atoms with van der Waals surface area (Å²) in [5, 5.41) is 10.2. The molecule has 0 bridgehead atoms. The van der Waals surface area contributed by atoms with Crippen molar-refractivity contribution in [2.75, 3.05) is 0 Å². The molecule has 2 rings (SSSR count). The van der Waals surface area contributed by atoms with Gasteiger partial charge in [-0.15, -0.1) is 0 Å². The van der Waals surface area contributed by atoms with Crippen molar-refractivity contribution in [3.8, 4) is 11.3 Å². The number of aromatic nitrogens is 1. The summed E-state index contributed by atoms with van der Waals surface area (Å²) in [6, 6.07) is 0.782. The van der Waals surface area contributed by atoms with Crippen LogP contribution in [0.2, 0.25) is 5.02 Å². The van der Waals surface area contributed by atoms with Gasteiger partial charge in [0.2, 0.25) is 5.82 Å². The summed E-state index contributed by atoms with van der Waals surface area (Å²) < 4.78 is 65.4.